The number of hydrogen-bond donors (Lipinski definition) is 2. The Kier molecular flexibility index (Phi) is 6.37. The lowest BCUT2D eigenvalue weighted by atomic mass is 10.1. The molecule has 0 heterocycles. The van der Waals surface area contributed by atoms with Gasteiger partial charge in [-0.1, -0.05) is 41.4 Å². The molecule has 2 aromatic rings. The van der Waals surface area contributed by atoms with Gasteiger partial charge in [0.05, 0.1) is 17.8 Å². The molecule has 0 aliphatic carbocycles. The van der Waals surface area contributed by atoms with E-state index in [-0.39, 0.29) is 18.2 Å². The molecule has 0 spiro atoms. The lowest BCUT2D eigenvalue weighted by molar-refractivity contribution is -0.885. The summed E-state index contributed by atoms with van der Waals surface area (Å²) < 4.78 is 0. The van der Waals surface area contributed by atoms with Crippen molar-refractivity contribution >= 4 is 40.6 Å². The Bertz CT molecular complexity index is 762. The number of likely N-dealkylation sites (N-methyl/N-ethyl adjacent to an activating group) is 1. The third-order valence-corrected chi connectivity index (χ3v) is 4.14. The molecule has 2 N–H and O–H groups in total. The summed E-state index contributed by atoms with van der Waals surface area (Å²) >= 11 is 12.0. The van der Waals surface area contributed by atoms with Crippen LogP contribution < -0.4 is 10.2 Å². The maximum atomic E-state index is 12.2. The fourth-order valence-electron chi connectivity index (χ4n) is 2.42. The van der Waals surface area contributed by atoms with Crippen LogP contribution >= 0.6 is 23.2 Å². The van der Waals surface area contributed by atoms with Crippen LogP contribution in [0.25, 0.3) is 0 Å². The second-order valence-corrected chi connectivity index (χ2v) is 6.54. The minimum absolute atomic E-state index is 0.0838. The molecule has 1 amide bonds. The van der Waals surface area contributed by atoms with Crippen LogP contribution in [0.4, 0.5) is 5.69 Å². The highest BCUT2D eigenvalue weighted by Crippen LogP contribution is 2.20. The molecule has 0 aliphatic heterocycles. The number of para-hydroxylation sites is 1. The molecule has 0 radical (unpaired) electrons. The molecule has 0 aromatic heterocycles. The number of carbonyl (C=O) groups is 2. The summed E-state index contributed by atoms with van der Waals surface area (Å²) in [6, 6.07) is 12.3. The van der Waals surface area contributed by atoms with Crippen molar-refractivity contribution in [2.45, 2.75) is 13.5 Å². The van der Waals surface area contributed by atoms with E-state index >= 15 is 0 Å². The van der Waals surface area contributed by atoms with E-state index in [2.05, 4.69) is 5.32 Å². The van der Waals surface area contributed by atoms with Crippen LogP contribution in [0.2, 0.25) is 10.0 Å². The van der Waals surface area contributed by atoms with Crippen molar-refractivity contribution < 1.29 is 14.5 Å². The highest BCUT2D eigenvalue weighted by atomic mass is 35.5. The van der Waals surface area contributed by atoms with Crippen molar-refractivity contribution in [1.29, 1.82) is 0 Å². The normalized spacial score (nSPS) is 11.8. The smallest absolute Gasteiger partial charge is 0.279 e. The van der Waals surface area contributed by atoms with Gasteiger partial charge in [0.25, 0.3) is 5.91 Å². The zero-order chi connectivity index (χ0) is 17.7. The summed E-state index contributed by atoms with van der Waals surface area (Å²) in [4.78, 5) is 24.8. The van der Waals surface area contributed by atoms with Crippen LogP contribution in [0.5, 0.6) is 0 Å². The summed E-state index contributed by atoms with van der Waals surface area (Å²) in [7, 11) is 1.90. The van der Waals surface area contributed by atoms with Crippen LogP contribution in [-0.4, -0.2) is 25.3 Å². The van der Waals surface area contributed by atoms with Gasteiger partial charge in [-0.2, -0.15) is 0 Å². The van der Waals surface area contributed by atoms with Crippen LogP contribution in [0.15, 0.2) is 42.5 Å². The van der Waals surface area contributed by atoms with Gasteiger partial charge >= 0.3 is 0 Å². The first kappa shape index (κ1) is 18.5. The Balaban J connectivity index is 1.98. The van der Waals surface area contributed by atoms with Crippen molar-refractivity contribution in [3.8, 4) is 0 Å². The van der Waals surface area contributed by atoms with E-state index in [4.69, 9.17) is 23.2 Å². The third-order valence-electron chi connectivity index (χ3n) is 3.55. The first-order valence-electron chi connectivity index (χ1n) is 7.52. The maximum absolute atomic E-state index is 12.2. The summed E-state index contributed by atoms with van der Waals surface area (Å²) in [6.07, 6.45) is 0. The Hall–Kier alpha value is -1.88. The molecule has 0 fully saturated rings. The molecule has 126 valence electrons. The van der Waals surface area contributed by atoms with Gasteiger partial charge in [-0.15, -0.1) is 0 Å². The number of anilines is 1. The predicted octanol–water partition coefficient (Wildman–Crippen LogP) is 2.85. The number of nitrogens with one attached hydrogen (secondary N) is 2. The zero-order valence-electron chi connectivity index (χ0n) is 13.5. The SMILES string of the molecule is CC(=O)c1ccccc1NC(=O)C[NH+](C)Cc1ccc(Cl)cc1Cl. The molecular weight excluding hydrogens is 347 g/mol. The first-order valence-corrected chi connectivity index (χ1v) is 8.27. The fourth-order valence-corrected chi connectivity index (χ4v) is 2.90. The number of benzene rings is 2. The average Bonchev–Trinajstić information content (AvgIpc) is 2.50. The van der Waals surface area contributed by atoms with Gasteiger partial charge in [-0.25, -0.2) is 0 Å². The van der Waals surface area contributed by atoms with Crippen molar-refractivity contribution in [1.82, 2.24) is 0 Å². The Morgan fingerprint density at radius 3 is 2.50 bits per heavy atom. The van der Waals surface area contributed by atoms with E-state index in [1.54, 1.807) is 36.4 Å². The molecule has 2 aromatic carbocycles. The van der Waals surface area contributed by atoms with E-state index in [1.165, 1.54) is 6.92 Å². The third kappa shape index (κ3) is 5.06. The lowest BCUT2D eigenvalue weighted by Crippen LogP contribution is -3.08. The van der Waals surface area contributed by atoms with E-state index in [1.807, 2.05) is 13.1 Å². The number of hydrogen-bond acceptors (Lipinski definition) is 2. The number of amides is 1. The highest BCUT2D eigenvalue weighted by molar-refractivity contribution is 6.35. The van der Waals surface area contributed by atoms with E-state index in [0.29, 0.717) is 27.8 Å². The summed E-state index contributed by atoms with van der Waals surface area (Å²) in [6.45, 7) is 2.33. The van der Waals surface area contributed by atoms with Crippen molar-refractivity contribution in [3.63, 3.8) is 0 Å². The van der Waals surface area contributed by atoms with Crippen LogP contribution in [0.1, 0.15) is 22.8 Å². The lowest BCUT2D eigenvalue weighted by Gasteiger charge is -2.15. The van der Waals surface area contributed by atoms with Gasteiger partial charge in [0.15, 0.2) is 12.3 Å². The van der Waals surface area contributed by atoms with Crippen molar-refractivity contribution in [3.05, 3.63) is 63.6 Å². The molecule has 1 atom stereocenters. The van der Waals surface area contributed by atoms with E-state index in [9.17, 15) is 9.59 Å². The summed E-state index contributed by atoms with van der Waals surface area (Å²) in [5, 5.41) is 3.97. The van der Waals surface area contributed by atoms with Crippen molar-refractivity contribution in [2.75, 3.05) is 18.9 Å². The minimum atomic E-state index is -0.161. The zero-order valence-corrected chi connectivity index (χ0v) is 15.0. The van der Waals surface area contributed by atoms with Crippen LogP contribution in [-0.2, 0) is 11.3 Å². The Morgan fingerprint density at radius 1 is 1.12 bits per heavy atom. The van der Waals surface area contributed by atoms with E-state index in [0.717, 1.165) is 10.5 Å². The molecule has 0 aliphatic rings. The average molecular weight is 366 g/mol. The number of carbonyl (C=O) groups excluding carboxylic acids is 2. The van der Waals surface area contributed by atoms with Gasteiger partial charge < -0.3 is 10.2 Å². The van der Waals surface area contributed by atoms with Crippen LogP contribution in [0, 0.1) is 0 Å². The summed E-state index contributed by atoms with van der Waals surface area (Å²) in [5.41, 5.74) is 1.96. The van der Waals surface area contributed by atoms with Gasteiger partial charge in [0.1, 0.15) is 6.54 Å². The Morgan fingerprint density at radius 2 is 1.83 bits per heavy atom. The number of Topliss-reactive ketones (excluding diaryl/α,β-unsaturated/α-hetero) is 1. The van der Waals surface area contributed by atoms with Gasteiger partial charge in [-0.05, 0) is 31.2 Å². The standard InChI is InChI=1S/C18H18Cl2N2O2/c1-12(23)15-5-3-4-6-17(15)21-18(24)11-22(2)10-13-7-8-14(19)9-16(13)20/h3-9H,10-11H2,1-2H3,(H,21,24)/p+1. The Labute approximate surface area is 151 Å². The molecule has 24 heavy (non-hydrogen) atoms. The second-order valence-electron chi connectivity index (χ2n) is 5.70. The van der Waals surface area contributed by atoms with Crippen LogP contribution in [0.3, 0.4) is 0 Å². The van der Waals surface area contributed by atoms with E-state index < -0.39 is 0 Å². The largest absolute Gasteiger partial charge is 0.326 e. The topological polar surface area (TPSA) is 50.6 Å². The minimum Gasteiger partial charge on any atom is -0.326 e. The number of quaternary nitrogens is 1. The number of rotatable bonds is 6. The molecular formula is C18H19Cl2N2O2+. The fraction of sp³-hybridized carbons (Fsp3) is 0.222. The monoisotopic (exact) mass is 365 g/mol. The predicted molar refractivity (Wildman–Crippen MR) is 97.0 cm³/mol. The van der Waals surface area contributed by atoms with Gasteiger partial charge in [0.2, 0.25) is 0 Å². The molecule has 6 heteroatoms. The quantitative estimate of drug-likeness (QED) is 0.773. The number of halogens is 2. The second kappa shape index (κ2) is 8.29. The molecule has 1 unspecified atom stereocenters. The first-order chi connectivity index (χ1) is 11.4. The molecule has 2 rings (SSSR count). The number of ketones is 1. The van der Waals surface area contributed by atoms with Crippen molar-refractivity contribution in [2.24, 2.45) is 0 Å². The molecule has 0 saturated heterocycles. The highest BCUT2D eigenvalue weighted by Gasteiger charge is 2.15. The molecule has 4 nitrogen and oxygen atoms in total. The van der Waals surface area contributed by atoms with Gasteiger partial charge in [0, 0.05) is 16.1 Å². The molecule has 0 bridgehead atoms. The molecule has 0 saturated carbocycles. The maximum Gasteiger partial charge on any atom is 0.279 e. The van der Waals surface area contributed by atoms with Gasteiger partial charge in [-0.3, -0.25) is 9.59 Å². The summed E-state index contributed by atoms with van der Waals surface area (Å²) in [5.74, 6) is -0.245.